The lowest BCUT2D eigenvalue weighted by atomic mass is 9.96. The van der Waals surface area contributed by atoms with Gasteiger partial charge in [-0.3, -0.25) is 24.1 Å². The number of amides is 4. The summed E-state index contributed by atoms with van der Waals surface area (Å²) >= 11 is 0. The normalized spacial score (nSPS) is 22.2. The van der Waals surface area contributed by atoms with E-state index >= 15 is 0 Å². The number of piperazine rings is 2. The molecule has 0 spiro atoms. The number of likely N-dealkylation sites (tertiary alicyclic amines) is 1. The first-order chi connectivity index (χ1) is 24.7. The molecule has 3 saturated heterocycles. The van der Waals surface area contributed by atoms with Crippen LogP contribution in [0.25, 0.3) is 0 Å². The lowest BCUT2D eigenvalue weighted by Crippen LogP contribution is -2.64. The number of phenolic OH excluding ortho intramolecular Hbond substituents is 1. The van der Waals surface area contributed by atoms with Gasteiger partial charge in [0, 0.05) is 44.8 Å². The summed E-state index contributed by atoms with van der Waals surface area (Å²) in [4.78, 5) is 61.7. The number of carbonyl (C=O) groups excluding carboxylic acids is 4. The van der Waals surface area contributed by atoms with Crippen LogP contribution in [0.15, 0.2) is 84.9 Å². The monoisotopic (exact) mass is 693 g/mol. The zero-order valence-electron chi connectivity index (χ0n) is 29.8. The van der Waals surface area contributed by atoms with E-state index in [1.54, 1.807) is 21.9 Å². The maximum absolute atomic E-state index is 14.1. The zero-order valence-corrected chi connectivity index (χ0v) is 29.8. The van der Waals surface area contributed by atoms with Crippen molar-refractivity contribution in [1.29, 1.82) is 0 Å². The second kappa shape index (κ2) is 16.5. The quantitative estimate of drug-likeness (QED) is 0.250. The van der Waals surface area contributed by atoms with Gasteiger partial charge in [0.1, 0.15) is 5.75 Å². The van der Waals surface area contributed by atoms with Gasteiger partial charge in [0.05, 0.1) is 12.1 Å². The second-order valence-corrected chi connectivity index (χ2v) is 14.8. The molecule has 4 atom stereocenters. The Kier molecular flexibility index (Phi) is 11.7. The number of benzene rings is 3. The molecule has 10 nitrogen and oxygen atoms in total. The van der Waals surface area contributed by atoms with E-state index < -0.39 is 23.6 Å². The fourth-order valence-electron chi connectivity index (χ4n) is 8.07. The predicted octanol–water partition coefficient (Wildman–Crippen LogP) is 3.67. The van der Waals surface area contributed by atoms with Gasteiger partial charge in [0.25, 0.3) is 0 Å². The number of nitrogens with one attached hydrogen (secondary N) is 1. The molecule has 270 valence electrons. The SMILES string of the molecule is CC(C)C[C@@H](CN1CCC[C@H]1CN1C(=O)C(=O)NC[C@@H]1Cc1ccc(O)cc1)N1C[C@H](Cc2ccccc2)N(CCc2ccccc2)C(=O)C1=O. The number of nitrogens with zero attached hydrogens (tertiary/aromatic N) is 4. The van der Waals surface area contributed by atoms with Crippen LogP contribution in [0.3, 0.4) is 0 Å². The molecule has 6 rings (SSSR count). The van der Waals surface area contributed by atoms with Crippen molar-refractivity contribution in [3.8, 4) is 5.75 Å². The zero-order chi connectivity index (χ0) is 35.9. The molecule has 10 heteroatoms. The summed E-state index contributed by atoms with van der Waals surface area (Å²) in [5, 5.41) is 12.5. The van der Waals surface area contributed by atoms with Crippen LogP contribution in [-0.4, -0.2) is 112 Å². The smallest absolute Gasteiger partial charge is 0.312 e. The molecule has 2 N–H and O–H groups in total. The van der Waals surface area contributed by atoms with Gasteiger partial charge in [0.2, 0.25) is 0 Å². The minimum Gasteiger partial charge on any atom is -0.508 e. The van der Waals surface area contributed by atoms with Gasteiger partial charge >= 0.3 is 23.6 Å². The Morgan fingerprint density at radius 1 is 0.745 bits per heavy atom. The van der Waals surface area contributed by atoms with Crippen molar-refractivity contribution in [1.82, 2.24) is 24.9 Å². The van der Waals surface area contributed by atoms with Gasteiger partial charge in [-0.25, -0.2) is 0 Å². The Hall–Kier alpha value is -4.70. The molecule has 51 heavy (non-hydrogen) atoms. The highest BCUT2D eigenvalue weighted by molar-refractivity contribution is 6.36. The third-order valence-electron chi connectivity index (χ3n) is 10.7. The Morgan fingerprint density at radius 2 is 1.39 bits per heavy atom. The highest BCUT2D eigenvalue weighted by Crippen LogP contribution is 2.27. The molecule has 0 bridgehead atoms. The number of aromatic hydroxyl groups is 1. The highest BCUT2D eigenvalue weighted by Gasteiger charge is 2.43. The molecule has 3 aromatic rings. The molecule has 3 fully saturated rings. The topological polar surface area (TPSA) is 114 Å². The van der Waals surface area contributed by atoms with Gasteiger partial charge < -0.3 is 25.1 Å². The fourth-order valence-corrected chi connectivity index (χ4v) is 8.07. The molecule has 3 aliphatic rings. The summed E-state index contributed by atoms with van der Waals surface area (Å²) in [6.07, 6.45) is 4.47. The summed E-state index contributed by atoms with van der Waals surface area (Å²) in [7, 11) is 0. The van der Waals surface area contributed by atoms with Crippen molar-refractivity contribution in [2.45, 2.75) is 76.5 Å². The Bertz CT molecular complexity index is 1650. The van der Waals surface area contributed by atoms with Crippen LogP contribution in [-0.2, 0) is 38.4 Å². The summed E-state index contributed by atoms with van der Waals surface area (Å²) in [6.45, 7) is 7.44. The van der Waals surface area contributed by atoms with Crippen molar-refractivity contribution in [3.63, 3.8) is 0 Å². The third kappa shape index (κ3) is 8.97. The molecule has 0 aliphatic carbocycles. The first-order valence-electron chi connectivity index (χ1n) is 18.5. The van der Waals surface area contributed by atoms with E-state index in [4.69, 9.17) is 0 Å². The van der Waals surface area contributed by atoms with E-state index in [9.17, 15) is 24.3 Å². The van der Waals surface area contributed by atoms with Crippen LogP contribution < -0.4 is 5.32 Å². The average Bonchev–Trinajstić information content (AvgIpc) is 3.56. The Morgan fingerprint density at radius 3 is 2.08 bits per heavy atom. The van der Waals surface area contributed by atoms with Crippen LogP contribution in [0.1, 0.15) is 49.8 Å². The second-order valence-electron chi connectivity index (χ2n) is 14.8. The van der Waals surface area contributed by atoms with Crippen molar-refractivity contribution >= 4 is 23.6 Å². The third-order valence-corrected chi connectivity index (χ3v) is 10.7. The Labute approximate surface area is 301 Å². The molecule has 3 aliphatic heterocycles. The molecular formula is C41H51N5O5. The predicted molar refractivity (Wildman–Crippen MR) is 196 cm³/mol. The number of rotatable bonds is 14. The van der Waals surface area contributed by atoms with Gasteiger partial charge in [0.15, 0.2) is 0 Å². The molecule has 0 unspecified atom stereocenters. The van der Waals surface area contributed by atoms with Crippen LogP contribution in [0.2, 0.25) is 0 Å². The van der Waals surface area contributed by atoms with E-state index in [0.717, 1.165) is 42.5 Å². The van der Waals surface area contributed by atoms with Gasteiger partial charge in [-0.15, -0.1) is 0 Å². The van der Waals surface area contributed by atoms with Crippen LogP contribution in [0.5, 0.6) is 5.75 Å². The molecule has 0 aromatic heterocycles. The van der Waals surface area contributed by atoms with Crippen molar-refractivity contribution in [2.24, 2.45) is 5.92 Å². The number of carbonyl (C=O) groups is 4. The van der Waals surface area contributed by atoms with Crippen molar-refractivity contribution in [3.05, 3.63) is 102 Å². The van der Waals surface area contributed by atoms with Crippen LogP contribution in [0, 0.1) is 5.92 Å². The lowest BCUT2D eigenvalue weighted by molar-refractivity contribution is -0.161. The summed E-state index contributed by atoms with van der Waals surface area (Å²) in [5.74, 6) is -1.51. The molecule has 4 amide bonds. The number of hydrogen-bond donors (Lipinski definition) is 2. The summed E-state index contributed by atoms with van der Waals surface area (Å²) in [6, 6.07) is 26.7. The molecule has 0 saturated carbocycles. The van der Waals surface area contributed by atoms with Gasteiger partial charge in [-0.1, -0.05) is 86.6 Å². The van der Waals surface area contributed by atoms with E-state index in [-0.39, 0.29) is 29.9 Å². The maximum Gasteiger partial charge on any atom is 0.312 e. The van der Waals surface area contributed by atoms with E-state index in [0.29, 0.717) is 57.9 Å². The molecular weight excluding hydrogens is 642 g/mol. The Balaban J connectivity index is 1.20. The minimum atomic E-state index is -0.585. The van der Waals surface area contributed by atoms with Crippen molar-refractivity contribution < 1.29 is 24.3 Å². The first kappa shape index (κ1) is 36.1. The lowest BCUT2D eigenvalue weighted by Gasteiger charge is -2.46. The largest absolute Gasteiger partial charge is 0.508 e. The number of phenols is 1. The van der Waals surface area contributed by atoms with Gasteiger partial charge in [-0.05, 0) is 79.8 Å². The standard InChI is InChI=1S/C41H51N5O5/c1-29(2)22-35(26-43-20-9-14-33(43)27-45-34(25-42-38(48)39(45)49)23-32-15-17-37(47)18-16-32)46-28-36(24-31-12-7-4-8-13-31)44(40(50)41(46)51)21-19-30-10-5-3-6-11-30/h3-8,10-13,15-18,29,33-36,47H,9,14,19-28H2,1-2H3,(H,42,48)/t33-,34-,35-,36-/m0/s1. The van der Waals surface area contributed by atoms with E-state index in [1.807, 2.05) is 53.4 Å². The van der Waals surface area contributed by atoms with E-state index in [1.165, 1.54) is 0 Å². The molecule has 0 radical (unpaired) electrons. The highest BCUT2D eigenvalue weighted by atomic mass is 16.3. The summed E-state index contributed by atoms with van der Waals surface area (Å²) < 4.78 is 0. The maximum atomic E-state index is 14.1. The van der Waals surface area contributed by atoms with Gasteiger partial charge in [-0.2, -0.15) is 0 Å². The van der Waals surface area contributed by atoms with Crippen molar-refractivity contribution in [2.75, 3.05) is 39.3 Å². The molecule has 3 heterocycles. The fraction of sp³-hybridized carbons (Fsp3) is 0.463. The number of hydrogen-bond acceptors (Lipinski definition) is 6. The molecule has 3 aromatic carbocycles. The summed E-state index contributed by atoms with van der Waals surface area (Å²) in [5.41, 5.74) is 3.24. The van der Waals surface area contributed by atoms with E-state index in [2.05, 4.69) is 48.3 Å². The average molecular weight is 694 g/mol. The van der Waals surface area contributed by atoms with Crippen LogP contribution >= 0.6 is 0 Å². The first-order valence-corrected chi connectivity index (χ1v) is 18.5. The minimum absolute atomic E-state index is 0.0231. The van der Waals surface area contributed by atoms with Crippen LogP contribution in [0.4, 0.5) is 0 Å².